The molecule has 0 radical (unpaired) electrons. The number of ketones is 1. The highest BCUT2D eigenvalue weighted by Gasteiger charge is 2.14. The Labute approximate surface area is 108 Å². The van der Waals surface area contributed by atoms with E-state index in [9.17, 15) is 4.79 Å². The summed E-state index contributed by atoms with van der Waals surface area (Å²) in [7, 11) is 0. The van der Waals surface area contributed by atoms with Gasteiger partial charge in [0.2, 0.25) is 0 Å². The molecule has 3 rings (SSSR count). The molecule has 0 aromatic carbocycles. The lowest BCUT2D eigenvalue weighted by Gasteiger charge is -1.96. The Balaban J connectivity index is 1.92. The fourth-order valence-corrected chi connectivity index (χ4v) is 2.64. The fourth-order valence-electron chi connectivity index (χ4n) is 1.87. The Morgan fingerprint density at radius 2 is 2.33 bits per heavy atom. The first-order chi connectivity index (χ1) is 8.74. The molecule has 0 aliphatic carbocycles. The molecular formula is C13H11N3OS. The monoisotopic (exact) mass is 257 g/mol. The van der Waals surface area contributed by atoms with Crippen molar-refractivity contribution in [1.29, 1.82) is 0 Å². The van der Waals surface area contributed by atoms with Crippen molar-refractivity contribution in [3.8, 4) is 0 Å². The van der Waals surface area contributed by atoms with E-state index in [0.717, 1.165) is 16.2 Å². The highest BCUT2D eigenvalue weighted by atomic mass is 32.1. The van der Waals surface area contributed by atoms with Crippen molar-refractivity contribution in [2.24, 2.45) is 0 Å². The van der Waals surface area contributed by atoms with Crippen LogP contribution in [0.5, 0.6) is 0 Å². The molecule has 0 amide bonds. The third-order valence-electron chi connectivity index (χ3n) is 2.71. The van der Waals surface area contributed by atoms with Gasteiger partial charge < -0.3 is 0 Å². The Bertz CT molecular complexity index is 714. The number of rotatable bonds is 3. The summed E-state index contributed by atoms with van der Waals surface area (Å²) in [6, 6.07) is 5.69. The van der Waals surface area contributed by atoms with Crippen molar-refractivity contribution < 1.29 is 4.79 Å². The predicted octanol–water partition coefficient (Wildman–Crippen LogP) is 2.52. The van der Waals surface area contributed by atoms with Crippen LogP contribution in [0.1, 0.15) is 21.1 Å². The Morgan fingerprint density at radius 3 is 3.11 bits per heavy atom. The summed E-state index contributed by atoms with van der Waals surface area (Å²) in [4.78, 5) is 16.5. The van der Waals surface area contributed by atoms with Crippen molar-refractivity contribution in [2.45, 2.75) is 13.3 Å². The first-order valence-corrected chi connectivity index (χ1v) is 6.48. The molecule has 0 saturated heterocycles. The zero-order valence-electron chi connectivity index (χ0n) is 9.83. The van der Waals surface area contributed by atoms with E-state index in [1.54, 1.807) is 10.7 Å². The second kappa shape index (κ2) is 4.34. The molecule has 0 aliphatic heterocycles. The minimum absolute atomic E-state index is 0.0607. The van der Waals surface area contributed by atoms with E-state index < -0.39 is 0 Å². The summed E-state index contributed by atoms with van der Waals surface area (Å²) in [6.45, 7) is 1.93. The molecule has 0 atom stereocenters. The molecule has 0 unspecified atom stereocenters. The molecule has 3 aromatic heterocycles. The number of carbonyl (C=O) groups excluding carboxylic acids is 1. The van der Waals surface area contributed by atoms with Crippen LogP contribution in [0.15, 0.2) is 36.0 Å². The molecule has 3 aromatic rings. The summed E-state index contributed by atoms with van der Waals surface area (Å²) >= 11 is 1.52. The Kier molecular flexibility index (Phi) is 2.68. The standard InChI is InChI=1S/C13H11N3OS/c1-9-8-18-13(15-9)6-12(17)10-7-14-16-5-3-2-4-11(10)16/h2-5,7-8H,6H2,1H3. The summed E-state index contributed by atoms with van der Waals surface area (Å²) < 4.78 is 1.71. The van der Waals surface area contributed by atoms with Crippen molar-refractivity contribution in [3.05, 3.63) is 52.2 Å². The van der Waals surface area contributed by atoms with Gasteiger partial charge in [0.05, 0.1) is 23.7 Å². The van der Waals surface area contributed by atoms with Crippen LogP contribution in [0.25, 0.3) is 5.52 Å². The lowest BCUT2D eigenvalue weighted by Crippen LogP contribution is -2.02. The number of Topliss-reactive ketones (excluding diaryl/α,β-unsaturated/α-hetero) is 1. The van der Waals surface area contributed by atoms with Gasteiger partial charge in [0.25, 0.3) is 0 Å². The van der Waals surface area contributed by atoms with Crippen LogP contribution in [0.3, 0.4) is 0 Å². The SMILES string of the molecule is Cc1csc(CC(=O)c2cnn3ccccc23)n1. The van der Waals surface area contributed by atoms with Gasteiger partial charge in [0.1, 0.15) is 5.01 Å². The van der Waals surface area contributed by atoms with Gasteiger partial charge >= 0.3 is 0 Å². The van der Waals surface area contributed by atoms with E-state index in [0.29, 0.717) is 12.0 Å². The van der Waals surface area contributed by atoms with E-state index in [2.05, 4.69) is 10.1 Å². The highest BCUT2D eigenvalue weighted by molar-refractivity contribution is 7.09. The molecule has 0 fully saturated rings. The number of hydrogen-bond acceptors (Lipinski definition) is 4. The number of pyridine rings is 1. The number of carbonyl (C=O) groups is 1. The minimum Gasteiger partial charge on any atom is -0.294 e. The van der Waals surface area contributed by atoms with Crippen molar-refractivity contribution in [2.75, 3.05) is 0 Å². The van der Waals surface area contributed by atoms with Crippen LogP contribution in [0.4, 0.5) is 0 Å². The molecule has 90 valence electrons. The quantitative estimate of drug-likeness (QED) is 0.677. The van der Waals surface area contributed by atoms with Crippen molar-refractivity contribution in [1.82, 2.24) is 14.6 Å². The average molecular weight is 257 g/mol. The van der Waals surface area contributed by atoms with Gasteiger partial charge in [-0.2, -0.15) is 5.10 Å². The molecular weight excluding hydrogens is 246 g/mol. The Morgan fingerprint density at radius 1 is 1.44 bits per heavy atom. The molecule has 5 heteroatoms. The second-order valence-electron chi connectivity index (χ2n) is 4.07. The molecule has 0 N–H and O–H groups in total. The lowest BCUT2D eigenvalue weighted by atomic mass is 10.1. The first kappa shape index (κ1) is 11.1. The van der Waals surface area contributed by atoms with Gasteiger partial charge in [0, 0.05) is 17.3 Å². The number of fused-ring (bicyclic) bond motifs is 1. The number of thiazole rings is 1. The van der Waals surface area contributed by atoms with Gasteiger partial charge in [-0.15, -0.1) is 11.3 Å². The maximum atomic E-state index is 12.2. The van der Waals surface area contributed by atoms with Gasteiger partial charge in [0.15, 0.2) is 5.78 Å². The van der Waals surface area contributed by atoms with E-state index in [4.69, 9.17) is 0 Å². The van der Waals surface area contributed by atoms with Crippen LogP contribution in [0, 0.1) is 6.92 Å². The zero-order chi connectivity index (χ0) is 12.5. The maximum Gasteiger partial charge on any atom is 0.173 e. The molecule has 4 nitrogen and oxygen atoms in total. The third-order valence-corrected chi connectivity index (χ3v) is 3.67. The van der Waals surface area contributed by atoms with E-state index >= 15 is 0 Å². The van der Waals surface area contributed by atoms with Crippen molar-refractivity contribution >= 4 is 22.6 Å². The van der Waals surface area contributed by atoms with Gasteiger partial charge in [-0.3, -0.25) is 4.79 Å². The van der Waals surface area contributed by atoms with E-state index in [-0.39, 0.29) is 5.78 Å². The normalized spacial score (nSPS) is 10.9. The summed E-state index contributed by atoms with van der Waals surface area (Å²) in [5, 5.41) is 6.98. The molecule has 0 saturated carbocycles. The van der Waals surface area contributed by atoms with Crippen LogP contribution in [-0.4, -0.2) is 20.4 Å². The van der Waals surface area contributed by atoms with Crippen LogP contribution >= 0.6 is 11.3 Å². The molecule has 18 heavy (non-hydrogen) atoms. The summed E-state index contributed by atoms with van der Waals surface area (Å²) in [5.74, 6) is 0.0607. The first-order valence-electron chi connectivity index (χ1n) is 5.60. The lowest BCUT2D eigenvalue weighted by molar-refractivity contribution is 0.0994. The molecule has 0 bridgehead atoms. The van der Waals surface area contributed by atoms with Gasteiger partial charge in [-0.05, 0) is 19.1 Å². The summed E-state index contributed by atoms with van der Waals surface area (Å²) in [5.41, 5.74) is 2.46. The minimum atomic E-state index is 0.0607. The fraction of sp³-hybridized carbons (Fsp3) is 0.154. The number of nitrogens with zero attached hydrogens (tertiary/aromatic N) is 3. The van der Waals surface area contributed by atoms with E-state index in [1.807, 2.05) is 36.7 Å². The zero-order valence-corrected chi connectivity index (χ0v) is 10.6. The van der Waals surface area contributed by atoms with Crippen LogP contribution in [0.2, 0.25) is 0 Å². The Hall–Kier alpha value is -2.01. The topological polar surface area (TPSA) is 47.3 Å². The third kappa shape index (κ3) is 1.93. The van der Waals surface area contributed by atoms with E-state index in [1.165, 1.54) is 11.3 Å². The highest BCUT2D eigenvalue weighted by Crippen LogP contribution is 2.15. The van der Waals surface area contributed by atoms with Crippen molar-refractivity contribution in [3.63, 3.8) is 0 Å². The average Bonchev–Trinajstić information content (AvgIpc) is 2.95. The van der Waals surface area contributed by atoms with Crippen LogP contribution < -0.4 is 0 Å². The second-order valence-corrected chi connectivity index (χ2v) is 5.01. The molecule has 0 spiro atoms. The molecule has 0 aliphatic rings. The molecule has 3 heterocycles. The largest absolute Gasteiger partial charge is 0.294 e. The number of aryl methyl sites for hydroxylation is 1. The predicted molar refractivity (Wildman–Crippen MR) is 70.1 cm³/mol. The maximum absolute atomic E-state index is 12.2. The van der Waals surface area contributed by atoms with Gasteiger partial charge in [-0.25, -0.2) is 9.50 Å². The van der Waals surface area contributed by atoms with Gasteiger partial charge in [-0.1, -0.05) is 6.07 Å². The smallest absolute Gasteiger partial charge is 0.173 e. The summed E-state index contributed by atoms with van der Waals surface area (Å²) in [6.07, 6.45) is 3.80. The number of hydrogen-bond donors (Lipinski definition) is 0. The van der Waals surface area contributed by atoms with Crippen LogP contribution in [-0.2, 0) is 6.42 Å². The number of aromatic nitrogens is 3.